The van der Waals surface area contributed by atoms with Gasteiger partial charge in [-0.25, -0.2) is 5.43 Å². The molecule has 2 rings (SSSR count). The molecule has 0 bridgehead atoms. The molecule has 6 nitrogen and oxygen atoms in total. The van der Waals surface area contributed by atoms with Crippen LogP contribution in [0.15, 0.2) is 53.6 Å². The molecule has 0 spiro atoms. The van der Waals surface area contributed by atoms with E-state index < -0.39 is 6.04 Å². The van der Waals surface area contributed by atoms with Gasteiger partial charge in [0.15, 0.2) is 0 Å². The number of nitrogens with one attached hydrogen (secondary N) is 2. The highest BCUT2D eigenvalue weighted by molar-refractivity contribution is 5.86. The Morgan fingerprint density at radius 2 is 1.76 bits per heavy atom. The van der Waals surface area contributed by atoms with Crippen LogP contribution in [0.4, 0.5) is 11.4 Å². The summed E-state index contributed by atoms with van der Waals surface area (Å²) in [4.78, 5) is 14.1. The van der Waals surface area contributed by atoms with E-state index in [9.17, 15) is 4.79 Å². The summed E-state index contributed by atoms with van der Waals surface area (Å²) in [5, 5.41) is 7.12. The number of anilines is 2. The maximum absolute atomic E-state index is 12.1. The van der Waals surface area contributed by atoms with E-state index in [1.54, 1.807) is 20.2 Å². The third-order valence-electron chi connectivity index (χ3n) is 3.66. The van der Waals surface area contributed by atoms with Crippen LogP contribution in [-0.4, -0.2) is 39.4 Å². The molecule has 0 saturated carbocycles. The van der Waals surface area contributed by atoms with Crippen LogP contribution >= 0.6 is 0 Å². The predicted molar refractivity (Wildman–Crippen MR) is 103 cm³/mol. The van der Waals surface area contributed by atoms with Crippen molar-refractivity contribution in [3.8, 4) is 5.75 Å². The number of hydrogen-bond acceptors (Lipinski definition) is 5. The third kappa shape index (κ3) is 5.53. The van der Waals surface area contributed by atoms with Crippen molar-refractivity contribution in [3.05, 3.63) is 54.1 Å². The first-order chi connectivity index (χ1) is 12.0. The second-order valence-corrected chi connectivity index (χ2v) is 5.81. The molecule has 0 aliphatic rings. The number of rotatable bonds is 7. The molecular formula is C19H24N4O2. The Hall–Kier alpha value is -3.02. The number of hydrogen-bond donors (Lipinski definition) is 2. The number of carbonyl (C=O) groups excluding carboxylic acids is 1. The molecule has 1 atom stereocenters. The van der Waals surface area contributed by atoms with Gasteiger partial charge in [0.05, 0.1) is 13.3 Å². The van der Waals surface area contributed by atoms with Crippen LogP contribution in [0, 0.1) is 0 Å². The normalized spacial score (nSPS) is 11.8. The largest absolute Gasteiger partial charge is 0.497 e. The van der Waals surface area contributed by atoms with Crippen molar-refractivity contribution in [1.82, 2.24) is 5.43 Å². The molecule has 2 N–H and O–H groups in total. The van der Waals surface area contributed by atoms with Gasteiger partial charge in [0.25, 0.3) is 5.91 Å². The Bertz CT molecular complexity index is 709. The van der Waals surface area contributed by atoms with E-state index in [0.29, 0.717) is 0 Å². The maximum atomic E-state index is 12.1. The lowest BCUT2D eigenvalue weighted by Gasteiger charge is -2.13. The molecular weight excluding hydrogens is 316 g/mol. The van der Waals surface area contributed by atoms with Gasteiger partial charge in [0, 0.05) is 25.5 Å². The van der Waals surface area contributed by atoms with E-state index in [1.165, 1.54) is 0 Å². The van der Waals surface area contributed by atoms with E-state index in [0.717, 1.165) is 22.7 Å². The van der Waals surface area contributed by atoms with Gasteiger partial charge in [-0.1, -0.05) is 12.1 Å². The molecule has 0 aliphatic carbocycles. The Morgan fingerprint density at radius 1 is 1.12 bits per heavy atom. The number of hydrazone groups is 1. The Kier molecular flexibility index (Phi) is 6.39. The molecule has 2 aromatic rings. The van der Waals surface area contributed by atoms with Gasteiger partial charge in [-0.3, -0.25) is 4.79 Å². The van der Waals surface area contributed by atoms with Gasteiger partial charge in [-0.05, 0) is 48.9 Å². The standard InChI is InChI=1S/C19H24N4O2/c1-14(21-16-7-11-18(25-4)12-8-16)19(24)22-20-13-15-5-9-17(10-6-15)23(2)3/h5-14,21H,1-4H3,(H,22,24)/b20-13-/t14-/m0/s1. The summed E-state index contributed by atoms with van der Waals surface area (Å²) in [5.74, 6) is 0.560. The minimum Gasteiger partial charge on any atom is -0.497 e. The summed E-state index contributed by atoms with van der Waals surface area (Å²) < 4.78 is 5.11. The number of benzene rings is 2. The first-order valence-electron chi connectivity index (χ1n) is 8.00. The van der Waals surface area contributed by atoms with Gasteiger partial charge in [-0.15, -0.1) is 0 Å². The van der Waals surface area contributed by atoms with E-state index in [2.05, 4.69) is 15.8 Å². The second kappa shape index (κ2) is 8.73. The summed E-state index contributed by atoms with van der Waals surface area (Å²) in [6, 6.07) is 14.9. The van der Waals surface area contributed by atoms with Crippen molar-refractivity contribution in [3.63, 3.8) is 0 Å². The van der Waals surface area contributed by atoms with Crippen molar-refractivity contribution in [2.45, 2.75) is 13.0 Å². The number of amides is 1. The molecule has 6 heteroatoms. The zero-order valence-electron chi connectivity index (χ0n) is 15.0. The van der Waals surface area contributed by atoms with Gasteiger partial charge < -0.3 is 15.0 Å². The smallest absolute Gasteiger partial charge is 0.262 e. The molecule has 0 radical (unpaired) electrons. The van der Waals surface area contributed by atoms with Gasteiger partial charge >= 0.3 is 0 Å². The quantitative estimate of drug-likeness (QED) is 0.601. The SMILES string of the molecule is COc1ccc(N[C@@H](C)C(=O)N/N=C\c2ccc(N(C)C)cc2)cc1. The summed E-state index contributed by atoms with van der Waals surface area (Å²) in [5.41, 5.74) is 5.41. The molecule has 0 saturated heterocycles. The fraction of sp³-hybridized carbons (Fsp3) is 0.263. The van der Waals surface area contributed by atoms with Gasteiger partial charge in [0.1, 0.15) is 11.8 Å². The van der Waals surface area contributed by atoms with Gasteiger partial charge in [-0.2, -0.15) is 5.10 Å². The average molecular weight is 340 g/mol. The monoisotopic (exact) mass is 340 g/mol. The molecule has 132 valence electrons. The van der Waals surface area contributed by atoms with E-state index in [1.807, 2.05) is 67.5 Å². The molecule has 1 amide bonds. The molecule has 0 unspecified atom stereocenters. The summed E-state index contributed by atoms with van der Waals surface area (Å²) >= 11 is 0. The second-order valence-electron chi connectivity index (χ2n) is 5.81. The Labute approximate surface area is 148 Å². The fourth-order valence-corrected chi connectivity index (χ4v) is 2.13. The number of nitrogens with zero attached hydrogens (tertiary/aromatic N) is 2. The minimum absolute atomic E-state index is 0.211. The van der Waals surface area contributed by atoms with Crippen LogP contribution in [0.5, 0.6) is 5.75 Å². The van der Waals surface area contributed by atoms with Crippen LogP contribution in [0.3, 0.4) is 0 Å². The lowest BCUT2D eigenvalue weighted by Crippen LogP contribution is -2.34. The Morgan fingerprint density at radius 3 is 2.32 bits per heavy atom. The fourth-order valence-electron chi connectivity index (χ4n) is 2.13. The van der Waals surface area contributed by atoms with E-state index in [4.69, 9.17) is 4.74 Å². The van der Waals surface area contributed by atoms with Crippen LogP contribution in [0.1, 0.15) is 12.5 Å². The topological polar surface area (TPSA) is 66.0 Å². The van der Waals surface area contributed by atoms with E-state index >= 15 is 0 Å². The maximum Gasteiger partial charge on any atom is 0.262 e. The van der Waals surface area contributed by atoms with Crippen molar-refractivity contribution in [2.24, 2.45) is 5.10 Å². The van der Waals surface area contributed by atoms with E-state index in [-0.39, 0.29) is 5.91 Å². The van der Waals surface area contributed by atoms with Crippen LogP contribution in [0.2, 0.25) is 0 Å². The zero-order valence-corrected chi connectivity index (χ0v) is 15.0. The first-order valence-corrected chi connectivity index (χ1v) is 8.00. The molecule has 0 aromatic heterocycles. The van der Waals surface area contributed by atoms with Crippen molar-refractivity contribution in [1.29, 1.82) is 0 Å². The summed E-state index contributed by atoms with van der Waals surface area (Å²) in [6.45, 7) is 1.78. The molecule has 25 heavy (non-hydrogen) atoms. The third-order valence-corrected chi connectivity index (χ3v) is 3.66. The van der Waals surface area contributed by atoms with Crippen molar-refractivity contribution >= 4 is 23.5 Å². The predicted octanol–water partition coefficient (Wildman–Crippen LogP) is 2.71. The first kappa shape index (κ1) is 18.3. The lowest BCUT2D eigenvalue weighted by molar-refractivity contribution is -0.121. The average Bonchev–Trinajstić information content (AvgIpc) is 2.62. The summed E-state index contributed by atoms with van der Waals surface area (Å²) in [7, 11) is 5.59. The number of ether oxygens (including phenoxy) is 1. The van der Waals surface area contributed by atoms with Crippen LogP contribution in [-0.2, 0) is 4.79 Å². The number of methoxy groups -OCH3 is 1. The molecule has 0 heterocycles. The van der Waals surface area contributed by atoms with Crippen molar-refractivity contribution < 1.29 is 9.53 Å². The highest BCUT2D eigenvalue weighted by Gasteiger charge is 2.11. The van der Waals surface area contributed by atoms with Crippen LogP contribution in [0.25, 0.3) is 0 Å². The lowest BCUT2D eigenvalue weighted by atomic mass is 10.2. The summed E-state index contributed by atoms with van der Waals surface area (Å²) in [6.07, 6.45) is 1.62. The molecule has 0 aliphatic heterocycles. The van der Waals surface area contributed by atoms with Crippen molar-refractivity contribution in [2.75, 3.05) is 31.4 Å². The highest BCUT2D eigenvalue weighted by Crippen LogP contribution is 2.15. The van der Waals surface area contributed by atoms with Crippen LogP contribution < -0.4 is 20.4 Å². The number of carbonyl (C=O) groups is 1. The minimum atomic E-state index is -0.415. The Balaban J connectivity index is 1.85. The molecule has 0 fully saturated rings. The van der Waals surface area contributed by atoms with Gasteiger partial charge in [0.2, 0.25) is 0 Å². The molecule has 2 aromatic carbocycles. The highest BCUT2D eigenvalue weighted by atomic mass is 16.5. The zero-order chi connectivity index (χ0) is 18.2.